The summed E-state index contributed by atoms with van der Waals surface area (Å²) in [6.07, 6.45) is 8.33. The molecule has 3 rings (SSSR count). The highest BCUT2D eigenvalue weighted by atomic mass is 16.1. The van der Waals surface area contributed by atoms with Crippen LogP contribution in [0.5, 0.6) is 0 Å². The molecule has 23 heavy (non-hydrogen) atoms. The molecule has 0 saturated carbocycles. The molecule has 1 heterocycles. The van der Waals surface area contributed by atoms with Crippen molar-refractivity contribution in [1.82, 2.24) is 15.1 Å². The topological polar surface area (TPSA) is 46.9 Å². The van der Waals surface area contributed by atoms with Crippen molar-refractivity contribution in [3.8, 4) is 0 Å². The normalized spacial score (nSPS) is 20.4. The molecule has 1 amide bonds. The first-order chi connectivity index (χ1) is 11.1. The zero-order valence-corrected chi connectivity index (χ0v) is 13.7. The Kier molecular flexibility index (Phi) is 4.33. The maximum Gasteiger partial charge on any atom is 0.244 e. The Bertz CT molecular complexity index is 732. The number of hydrogen-bond acceptors (Lipinski definition) is 2. The molecule has 0 spiro atoms. The van der Waals surface area contributed by atoms with Gasteiger partial charge in [0.1, 0.15) is 0 Å². The molecule has 1 aliphatic rings. The second-order valence-corrected chi connectivity index (χ2v) is 6.24. The predicted molar refractivity (Wildman–Crippen MR) is 91.8 cm³/mol. The van der Waals surface area contributed by atoms with E-state index in [4.69, 9.17) is 0 Å². The molecular weight excluding hydrogens is 286 g/mol. The Labute approximate surface area is 137 Å². The van der Waals surface area contributed by atoms with Crippen LogP contribution in [0, 0.1) is 0 Å². The van der Waals surface area contributed by atoms with Crippen LogP contribution in [-0.2, 0) is 23.3 Å². The minimum absolute atomic E-state index is 0.0620. The van der Waals surface area contributed by atoms with Gasteiger partial charge < -0.3 is 5.32 Å². The molecule has 0 radical (unpaired) electrons. The van der Waals surface area contributed by atoms with E-state index in [2.05, 4.69) is 35.5 Å². The molecule has 1 atom stereocenters. The third kappa shape index (κ3) is 3.21. The van der Waals surface area contributed by atoms with Crippen LogP contribution in [0.25, 0.3) is 6.08 Å². The Balaban J connectivity index is 1.75. The van der Waals surface area contributed by atoms with Crippen LogP contribution in [0.4, 0.5) is 0 Å². The average molecular weight is 309 g/mol. The van der Waals surface area contributed by atoms with Gasteiger partial charge in [0.05, 0.1) is 11.2 Å². The quantitative estimate of drug-likeness (QED) is 0.881. The first-order valence-electron chi connectivity index (χ1n) is 8.23. The SMILES string of the molecule is CCn1nccc1C=CC(=O)NC1(C)CCCc2ccccc21. The Morgan fingerprint density at radius 2 is 2.22 bits per heavy atom. The molecule has 1 N–H and O–H groups in total. The first-order valence-corrected chi connectivity index (χ1v) is 8.23. The second kappa shape index (κ2) is 6.41. The predicted octanol–water partition coefficient (Wildman–Crippen LogP) is 3.28. The number of rotatable bonds is 4. The Hall–Kier alpha value is -2.36. The highest BCUT2D eigenvalue weighted by Crippen LogP contribution is 2.34. The minimum atomic E-state index is -0.290. The lowest BCUT2D eigenvalue weighted by atomic mass is 9.78. The van der Waals surface area contributed by atoms with Crippen molar-refractivity contribution in [2.24, 2.45) is 0 Å². The van der Waals surface area contributed by atoms with Gasteiger partial charge in [-0.1, -0.05) is 24.3 Å². The van der Waals surface area contributed by atoms with E-state index < -0.39 is 0 Å². The van der Waals surface area contributed by atoms with Gasteiger partial charge in [0, 0.05) is 18.8 Å². The number of nitrogens with one attached hydrogen (secondary N) is 1. The van der Waals surface area contributed by atoms with Crippen molar-refractivity contribution in [1.29, 1.82) is 0 Å². The highest BCUT2D eigenvalue weighted by Gasteiger charge is 2.32. The van der Waals surface area contributed by atoms with E-state index in [1.54, 1.807) is 12.3 Å². The second-order valence-electron chi connectivity index (χ2n) is 6.24. The number of nitrogens with zero attached hydrogens (tertiary/aromatic N) is 2. The summed E-state index contributed by atoms with van der Waals surface area (Å²) in [6.45, 7) is 4.94. The summed E-state index contributed by atoms with van der Waals surface area (Å²) < 4.78 is 1.86. The maximum atomic E-state index is 12.4. The minimum Gasteiger partial charge on any atom is -0.343 e. The molecule has 4 nitrogen and oxygen atoms in total. The molecule has 4 heteroatoms. The van der Waals surface area contributed by atoms with Gasteiger partial charge in [-0.25, -0.2) is 0 Å². The molecule has 1 aromatic heterocycles. The molecule has 120 valence electrons. The summed E-state index contributed by atoms with van der Waals surface area (Å²) in [4.78, 5) is 12.4. The smallest absolute Gasteiger partial charge is 0.244 e. The number of amides is 1. The van der Waals surface area contributed by atoms with Crippen LogP contribution >= 0.6 is 0 Å². The van der Waals surface area contributed by atoms with E-state index >= 15 is 0 Å². The summed E-state index contributed by atoms with van der Waals surface area (Å²) in [7, 11) is 0. The van der Waals surface area contributed by atoms with Crippen LogP contribution in [0.3, 0.4) is 0 Å². The number of aryl methyl sites for hydroxylation is 2. The Morgan fingerprint density at radius 1 is 1.39 bits per heavy atom. The zero-order valence-electron chi connectivity index (χ0n) is 13.7. The largest absolute Gasteiger partial charge is 0.343 e. The number of carbonyl (C=O) groups is 1. The van der Waals surface area contributed by atoms with Crippen LogP contribution in [-0.4, -0.2) is 15.7 Å². The molecule has 0 bridgehead atoms. The van der Waals surface area contributed by atoms with E-state index in [-0.39, 0.29) is 11.4 Å². The standard InChI is InChI=1S/C19H23N3O/c1-3-22-16(12-14-20-22)10-11-18(23)21-19(2)13-6-8-15-7-4-5-9-17(15)19/h4-5,7,9-12,14H,3,6,8,13H2,1-2H3,(H,21,23). The fourth-order valence-corrected chi connectivity index (χ4v) is 3.40. The molecule has 0 saturated heterocycles. The van der Waals surface area contributed by atoms with Crippen LogP contribution in [0.15, 0.2) is 42.6 Å². The Morgan fingerprint density at radius 3 is 3.04 bits per heavy atom. The van der Waals surface area contributed by atoms with E-state index in [1.165, 1.54) is 11.1 Å². The third-order valence-electron chi connectivity index (χ3n) is 4.59. The third-order valence-corrected chi connectivity index (χ3v) is 4.59. The number of aromatic nitrogens is 2. The van der Waals surface area contributed by atoms with Crippen LogP contribution < -0.4 is 5.32 Å². The van der Waals surface area contributed by atoms with Gasteiger partial charge in [-0.15, -0.1) is 0 Å². The van der Waals surface area contributed by atoms with E-state index in [0.29, 0.717) is 0 Å². The summed E-state index contributed by atoms with van der Waals surface area (Å²) in [5, 5.41) is 7.40. The summed E-state index contributed by atoms with van der Waals surface area (Å²) in [5.41, 5.74) is 3.24. The lowest BCUT2D eigenvalue weighted by Gasteiger charge is -2.36. The lowest BCUT2D eigenvalue weighted by molar-refractivity contribution is -0.118. The van der Waals surface area contributed by atoms with Crippen molar-refractivity contribution < 1.29 is 4.79 Å². The number of benzene rings is 1. The van der Waals surface area contributed by atoms with E-state index in [1.807, 2.05) is 29.8 Å². The van der Waals surface area contributed by atoms with Crippen molar-refractivity contribution in [2.45, 2.75) is 45.2 Å². The maximum absolute atomic E-state index is 12.4. The summed E-state index contributed by atoms with van der Waals surface area (Å²) in [5.74, 6) is -0.0620. The van der Waals surface area contributed by atoms with Gasteiger partial charge in [0.15, 0.2) is 0 Å². The highest BCUT2D eigenvalue weighted by molar-refractivity contribution is 5.92. The van der Waals surface area contributed by atoms with Gasteiger partial charge in [-0.3, -0.25) is 9.48 Å². The van der Waals surface area contributed by atoms with Crippen molar-refractivity contribution in [3.05, 3.63) is 59.4 Å². The number of carbonyl (C=O) groups excluding carboxylic acids is 1. The molecular formula is C19H23N3O. The van der Waals surface area contributed by atoms with Crippen molar-refractivity contribution in [3.63, 3.8) is 0 Å². The first kappa shape index (κ1) is 15.5. The number of fused-ring (bicyclic) bond motifs is 1. The molecule has 0 fully saturated rings. The van der Waals surface area contributed by atoms with Gasteiger partial charge in [0.25, 0.3) is 0 Å². The zero-order chi connectivity index (χ0) is 16.3. The fraction of sp³-hybridized carbons (Fsp3) is 0.368. The number of hydrogen-bond donors (Lipinski definition) is 1. The molecule has 2 aromatic rings. The molecule has 1 aliphatic carbocycles. The molecule has 0 aliphatic heterocycles. The van der Waals surface area contributed by atoms with Gasteiger partial charge in [0.2, 0.25) is 5.91 Å². The molecule has 1 aromatic carbocycles. The fourth-order valence-electron chi connectivity index (χ4n) is 3.40. The van der Waals surface area contributed by atoms with Crippen LogP contribution in [0.1, 0.15) is 43.5 Å². The van der Waals surface area contributed by atoms with Gasteiger partial charge in [-0.05, 0) is 56.4 Å². The monoisotopic (exact) mass is 309 g/mol. The van der Waals surface area contributed by atoms with Crippen LogP contribution in [0.2, 0.25) is 0 Å². The summed E-state index contributed by atoms with van der Waals surface area (Å²) >= 11 is 0. The van der Waals surface area contributed by atoms with Gasteiger partial charge in [-0.2, -0.15) is 5.10 Å². The van der Waals surface area contributed by atoms with E-state index in [9.17, 15) is 4.79 Å². The summed E-state index contributed by atoms with van der Waals surface area (Å²) in [6, 6.07) is 10.3. The lowest BCUT2D eigenvalue weighted by Crippen LogP contribution is -2.45. The average Bonchev–Trinajstić information content (AvgIpc) is 3.01. The van der Waals surface area contributed by atoms with Gasteiger partial charge >= 0.3 is 0 Å². The molecule has 1 unspecified atom stereocenters. The van der Waals surface area contributed by atoms with Crippen molar-refractivity contribution in [2.75, 3.05) is 0 Å². The van der Waals surface area contributed by atoms with E-state index in [0.717, 1.165) is 31.5 Å². The van der Waals surface area contributed by atoms with Crippen molar-refractivity contribution >= 4 is 12.0 Å².